The molecule has 0 saturated heterocycles. The topological polar surface area (TPSA) is 63.8 Å². The van der Waals surface area contributed by atoms with E-state index in [0.29, 0.717) is 6.54 Å². The zero-order valence-corrected chi connectivity index (χ0v) is 7.65. The molecule has 1 N–H and O–H groups in total. The number of nitrogens with zero attached hydrogens (tertiary/aromatic N) is 4. The van der Waals surface area contributed by atoms with Gasteiger partial charge in [-0.15, -0.1) is 5.10 Å². The van der Waals surface area contributed by atoms with E-state index >= 15 is 0 Å². The normalized spacial score (nSPS) is 12.0. The van der Waals surface area contributed by atoms with Crippen LogP contribution in [-0.4, -0.2) is 31.9 Å². The van der Waals surface area contributed by atoms with Gasteiger partial charge in [-0.25, -0.2) is 4.68 Å². The van der Waals surface area contributed by atoms with Gasteiger partial charge in [-0.1, -0.05) is 20.8 Å². The van der Waals surface area contributed by atoms with Gasteiger partial charge < -0.3 is 5.11 Å². The van der Waals surface area contributed by atoms with Crippen LogP contribution in [-0.2, 0) is 12.0 Å². The van der Waals surface area contributed by atoms with E-state index in [-0.39, 0.29) is 12.0 Å². The Morgan fingerprint density at radius 2 is 2.08 bits per heavy atom. The summed E-state index contributed by atoms with van der Waals surface area (Å²) in [4.78, 5) is 0. The second-order valence-electron chi connectivity index (χ2n) is 3.70. The van der Waals surface area contributed by atoms with Crippen LogP contribution < -0.4 is 0 Å². The number of aromatic nitrogens is 4. The van der Waals surface area contributed by atoms with Gasteiger partial charge in [0.1, 0.15) is 0 Å². The molecule has 0 aliphatic carbocycles. The average Bonchev–Trinajstić information content (AvgIpc) is 2.34. The van der Waals surface area contributed by atoms with Gasteiger partial charge in [-0.05, 0) is 10.4 Å². The molecule has 0 fully saturated rings. The van der Waals surface area contributed by atoms with Gasteiger partial charge in [0.15, 0.2) is 5.82 Å². The van der Waals surface area contributed by atoms with Gasteiger partial charge in [-0.3, -0.25) is 0 Å². The molecule has 0 saturated carbocycles. The summed E-state index contributed by atoms with van der Waals surface area (Å²) in [5.74, 6) is 0.802. The minimum Gasteiger partial charge on any atom is -0.394 e. The molecule has 0 atom stereocenters. The summed E-state index contributed by atoms with van der Waals surface area (Å²) in [6.45, 7) is 6.62. The molecule has 0 spiro atoms. The largest absolute Gasteiger partial charge is 0.394 e. The van der Waals surface area contributed by atoms with E-state index in [0.717, 1.165) is 5.82 Å². The molecule has 0 amide bonds. The second-order valence-corrected chi connectivity index (χ2v) is 3.70. The molecule has 0 aliphatic heterocycles. The third-order valence-corrected chi connectivity index (χ3v) is 1.51. The van der Waals surface area contributed by atoms with E-state index in [9.17, 15) is 0 Å². The van der Waals surface area contributed by atoms with Gasteiger partial charge in [0.25, 0.3) is 0 Å². The summed E-state index contributed by atoms with van der Waals surface area (Å²) in [6.07, 6.45) is 0. The van der Waals surface area contributed by atoms with Crippen molar-refractivity contribution in [3.05, 3.63) is 5.82 Å². The SMILES string of the molecule is CC(C)(C)c1nnnn1CCO. The number of tetrazole rings is 1. The number of hydrogen-bond donors (Lipinski definition) is 1. The van der Waals surface area contributed by atoms with Crippen molar-refractivity contribution in [3.8, 4) is 0 Å². The summed E-state index contributed by atoms with van der Waals surface area (Å²) in [6, 6.07) is 0. The minimum absolute atomic E-state index is 0.0636. The zero-order valence-electron chi connectivity index (χ0n) is 7.65. The standard InChI is InChI=1S/C7H14N4O/c1-7(2,3)6-8-9-10-11(6)4-5-12/h12H,4-5H2,1-3H3. The Labute approximate surface area is 71.4 Å². The van der Waals surface area contributed by atoms with Gasteiger partial charge in [-0.2, -0.15) is 0 Å². The minimum atomic E-state index is -0.0708. The number of rotatable bonds is 2. The van der Waals surface area contributed by atoms with Crippen LogP contribution in [0.15, 0.2) is 0 Å². The van der Waals surface area contributed by atoms with E-state index in [2.05, 4.69) is 15.5 Å². The molecule has 1 heterocycles. The molecule has 1 aromatic rings. The van der Waals surface area contributed by atoms with Crippen molar-refractivity contribution >= 4 is 0 Å². The fraction of sp³-hybridized carbons (Fsp3) is 0.857. The van der Waals surface area contributed by atoms with E-state index in [1.54, 1.807) is 4.68 Å². The van der Waals surface area contributed by atoms with E-state index < -0.39 is 0 Å². The van der Waals surface area contributed by atoms with E-state index in [1.807, 2.05) is 20.8 Å². The fourth-order valence-electron chi connectivity index (χ4n) is 0.987. The zero-order chi connectivity index (χ0) is 9.19. The Hall–Kier alpha value is -0.970. The number of hydrogen-bond acceptors (Lipinski definition) is 4. The summed E-state index contributed by atoms with van der Waals surface area (Å²) in [7, 11) is 0. The predicted octanol–water partition coefficient (Wildman–Crippen LogP) is -0.0371. The fourth-order valence-corrected chi connectivity index (χ4v) is 0.987. The maximum atomic E-state index is 8.71. The van der Waals surface area contributed by atoms with Gasteiger partial charge >= 0.3 is 0 Å². The molecule has 12 heavy (non-hydrogen) atoms. The Balaban J connectivity index is 2.91. The first-order valence-electron chi connectivity index (χ1n) is 3.93. The lowest BCUT2D eigenvalue weighted by Gasteiger charge is -2.16. The maximum absolute atomic E-state index is 8.71. The molecule has 0 radical (unpaired) electrons. The average molecular weight is 170 g/mol. The lowest BCUT2D eigenvalue weighted by Crippen LogP contribution is -2.20. The molecule has 1 rings (SSSR count). The third-order valence-electron chi connectivity index (χ3n) is 1.51. The van der Waals surface area contributed by atoms with Crippen LogP contribution in [0.4, 0.5) is 0 Å². The van der Waals surface area contributed by atoms with Crippen LogP contribution in [0.3, 0.4) is 0 Å². The van der Waals surface area contributed by atoms with Crippen molar-refractivity contribution in [2.45, 2.75) is 32.7 Å². The number of aliphatic hydroxyl groups is 1. The van der Waals surface area contributed by atoms with Gasteiger partial charge in [0.2, 0.25) is 0 Å². The first kappa shape index (κ1) is 9.12. The van der Waals surface area contributed by atoms with Gasteiger partial charge in [0, 0.05) is 5.41 Å². The first-order chi connectivity index (χ1) is 5.55. The van der Waals surface area contributed by atoms with Crippen LogP contribution in [0.1, 0.15) is 26.6 Å². The highest BCUT2D eigenvalue weighted by Crippen LogP contribution is 2.17. The molecule has 0 aromatic carbocycles. The molecule has 0 aliphatic rings. The lowest BCUT2D eigenvalue weighted by molar-refractivity contribution is 0.262. The highest BCUT2D eigenvalue weighted by atomic mass is 16.3. The molecule has 5 nitrogen and oxygen atoms in total. The summed E-state index contributed by atoms with van der Waals surface area (Å²) < 4.78 is 1.62. The van der Waals surface area contributed by atoms with Gasteiger partial charge in [0.05, 0.1) is 13.2 Å². The predicted molar refractivity (Wildman–Crippen MR) is 43.6 cm³/mol. The first-order valence-corrected chi connectivity index (χ1v) is 3.93. The number of aliphatic hydroxyl groups excluding tert-OH is 1. The molecular formula is C7H14N4O. The Morgan fingerprint density at radius 1 is 1.42 bits per heavy atom. The van der Waals surface area contributed by atoms with Crippen molar-refractivity contribution < 1.29 is 5.11 Å². The van der Waals surface area contributed by atoms with E-state index in [1.165, 1.54) is 0 Å². The summed E-state index contributed by atoms with van der Waals surface area (Å²) in [5, 5.41) is 19.9. The quantitative estimate of drug-likeness (QED) is 0.676. The second kappa shape index (κ2) is 3.18. The molecule has 5 heteroatoms. The Morgan fingerprint density at radius 3 is 2.58 bits per heavy atom. The van der Waals surface area contributed by atoms with Crippen LogP contribution in [0.5, 0.6) is 0 Å². The van der Waals surface area contributed by atoms with Crippen molar-refractivity contribution in [3.63, 3.8) is 0 Å². The molecule has 68 valence electrons. The van der Waals surface area contributed by atoms with Crippen molar-refractivity contribution in [2.75, 3.05) is 6.61 Å². The van der Waals surface area contributed by atoms with Crippen molar-refractivity contribution in [1.29, 1.82) is 0 Å². The molecule has 1 aromatic heterocycles. The molecule has 0 unspecified atom stereocenters. The maximum Gasteiger partial charge on any atom is 0.156 e. The Kier molecular flexibility index (Phi) is 2.42. The third kappa shape index (κ3) is 1.79. The monoisotopic (exact) mass is 170 g/mol. The smallest absolute Gasteiger partial charge is 0.156 e. The van der Waals surface area contributed by atoms with Crippen molar-refractivity contribution in [2.24, 2.45) is 0 Å². The van der Waals surface area contributed by atoms with E-state index in [4.69, 9.17) is 5.11 Å². The van der Waals surface area contributed by atoms with Crippen molar-refractivity contribution in [1.82, 2.24) is 20.2 Å². The molecular weight excluding hydrogens is 156 g/mol. The van der Waals surface area contributed by atoms with Crippen LogP contribution in [0, 0.1) is 0 Å². The van der Waals surface area contributed by atoms with Crippen LogP contribution in [0.25, 0.3) is 0 Å². The summed E-state index contributed by atoms with van der Waals surface area (Å²) >= 11 is 0. The lowest BCUT2D eigenvalue weighted by atomic mass is 9.96. The van der Waals surface area contributed by atoms with Crippen LogP contribution in [0.2, 0.25) is 0 Å². The van der Waals surface area contributed by atoms with Crippen LogP contribution >= 0.6 is 0 Å². The molecule has 0 bridgehead atoms. The Bertz CT molecular complexity index is 250. The highest BCUT2D eigenvalue weighted by Gasteiger charge is 2.21. The summed E-state index contributed by atoms with van der Waals surface area (Å²) in [5.41, 5.74) is -0.0708. The highest BCUT2D eigenvalue weighted by molar-refractivity contribution is 4.98.